The average Bonchev–Trinajstić information content (AvgIpc) is 2.92. The molecule has 4 atom stereocenters. The van der Waals surface area contributed by atoms with Crippen molar-refractivity contribution in [3.63, 3.8) is 0 Å². The minimum atomic E-state index is -0.228. The van der Waals surface area contributed by atoms with Crippen molar-refractivity contribution < 1.29 is 19.1 Å². The number of piperidine rings is 2. The molecule has 2 aromatic carbocycles. The van der Waals surface area contributed by atoms with Crippen LogP contribution >= 0.6 is 0 Å². The first kappa shape index (κ1) is 33.5. The third-order valence-corrected chi connectivity index (χ3v) is 11.4. The summed E-state index contributed by atoms with van der Waals surface area (Å²) in [6, 6.07) is 12.8. The van der Waals surface area contributed by atoms with Crippen LogP contribution in [0.4, 0.5) is 0 Å². The van der Waals surface area contributed by atoms with Crippen LogP contribution in [-0.2, 0) is 14.3 Å². The lowest BCUT2D eigenvalue weighted by molar-refractivity contribution is -0.160. The van der Waals surface area contributed by atoms with Crippen molar-refractivity contribution in [2.24, 2.45) is 17.8 Å². The van der Waals surface area contributed by atoms with E-state index in [1.807, 2.05) is 12.1 Å². The Morgan fingerprint density at radius 2 is 1.17 bits per heavy atom. The van der Waals surface area contributed by atoms with E-state index in [1.54, 1.807) is 0 Å². The molecule has 4 aliphatic rings. The number of fused-ring (bicyclic) bond motifs is 2. The van der Waals surface area contributed by atoms with E-state index < -0.39 is 0 Å². The van der Waals surface area contributed by atoms with E-state index in [1.165, 1.54) is 18.4 Å². The molecule has 6 nitrogen and oxygen atoms in total. The van der Waals surface area contributed by atoms with Crippen LogP contribution in [0, 0.1) is 17.8 Å². The normalized spacial score (nSPS) is 30.7. The van der Waals surface area contributed by atoms with Crippen molar-refractivity contribution in [3.8, 4) is 0 Å². The van der Waals surface area contributed by atoms with Crippen molar-refractivity contribution in [1.29, 1.82) is 0 Å². The summed E-state index contributed by atoms with van der Waals surface area (Å²) >= 11 is 0. The van der Waals surface area contributed by atoms with Gasteiger partial charge in [-0.15, -0.1) is 0 Å². The van der Waals surface area contributed by atoms with Gasteiger partial charge in [-0.3, -0.25) is 4.79 Å². The number of hydrogen-bond donors (Lipinski definition) is 2. The van der Waals surface area contributed by atoms with Crippen LogP contribution in [0.25, 0.3) is 10.8 Å². The number of carbonyl (C=O) groups is 2. The molecular formula is C40H58N2O4. The number of esters is 2. The summed E-state index contributed by atoms with van der Waals surface area (Å²) in [4.78, 5) is 26.6. The predicted octanol–water partition coefficient (Wildman–Crippen LogP) is 8.46. The van der Waals surface area contributed by atoms with Crippen LogP contribution < -0.4 is 10.6 Å². The molecule has 4 fully saturated rings. The third-order valence-electron chi connectivity index (χ3n) is 11.4. The number of rotatable bonds is 5. The highest BCUT2D eigenvalue weighted by atomic mass is 16.5. The van der Waals surface area contributed by atoms with Gasteiger partial charge in [0.05, 0.1) is 11.5 Å². The highest BCUT2D eigenvalue weighted by Crippen LogP contribution is 2.48. The minimum Gasteiger partial charge on any atom is -0.462 e. The molecule has 0 spiro atoms. The van der Waals surface area contributed by atoms with Gasteiger partial charge in [-0.1, -0.05) is 24.3 Å². The van der Waals surface area contributed by atoms with Crippen LogP contribution in [0.1, 0.15) is 141 Å². The maximum Gasteiger partial charge on any atom is 0.338 e. The SMILES string of the molecule is CC1(C)CC(OC(=O)c2ccc3ccc(C4CCC5CC(C(=O)OC6CC(C)(C)NC(C)(C)C6)CCC5C4)cc3c2)CC(C)(C)N1. The monoisotopic (exact) mass is 630 g/mol. The van der Waals surface area contributed by atoms with E-state index in [0.717, 1.165) is 62.1 Å². The molecule has 2 aromatic rings. The van der Waals surface area contributed by atoms with Gasteiger partial charge in [-0.2, -0.15) is 0 Å². The zero-order valence-corrected chi connectivity index (χ0v) is 29.6. The Morgan fingerprint density at radius 1 is 0.630 bits per heavy atom. The zero-order chi connectivity index (χ0) is 33.1. The molecule has 6 heteroatoms. The smallest absolute Gasteiger partial charge is 0.338 e. The van der Waals surface area contributed by atoms with Crippen LogP contribution in [-0.4, -0.2) is 46.3 Å². The fraction of sp³-hybridized carbons (Fsp3) is 0.700. The van der Waals surface area contributed by atoms with Crippen LogP contribution in [0.2, 0.25) is 0 Å². The van der Waals surface area contributed by atoms with E-state index in [4.69, 9.17) is 9.47 Å². The molecule has 46 heavy (non-hydrogen) atoms. The van der Waals surface area contributed by atoms with Crippen LogP contribution in [0.15, 0.2) is 36.4 Å². The van der Waals surface area contributed by atoms with Crippen molar-refractivity contribution in [2.45, 2.75) is 160 Å². The highest BCUT2D eigenvalue weighted by molar-refractivity contribution is 5.95. The summed E-state index contributed by atoms with van der Waals surface area (Å²) in [6.07, 6.45) is 9.76. The third kappa shape index (κ3) is 7.81. The largest absolute Gasteiger partial charge is 0.462 e. The second kappa shape index (κ2) is 12.2. The van der Waals surface area contributed by atoms with Gasteiger partial charge in [0.25, 0.3) is 0 Å². The maximum atomic E-state index is 13.3. The lowest BCUT2D eigenvalue weighted by atomic mass is 9.64. The highest BCUT2D eigenvalue weighted by Gasteiger charge is 2.43. The molecule has 0 radical (unpaired) electrons. The van der Waals surface area contributed by atoms with E-state index in [-0.39, 0.29) is 52.2 Å². The molecule has 2 aliphatic heterocycles. The second-order valence-corrected chi connectivity index (χ2v) is 18.0. The summed E-state index contributed by atoms with van der Waals surface area (Å²) in [7, 11) is 0. The Morgan fingerprint density at radius 3 is 1.80 bits per heavy atom. The quantitative estimate of drug-likeness (QED) is 0.323. The van der Waals surface area contributed by atoms with Gasteiger partial charge in [0.2, 0.25) is 0 Å². The Kier molecular flexibility index (Phi) is 8.89. The number of nitrogens with one attached hydrogen (secondary N) is 2. The molecule has 6 rings (SSSR count). The molecule has 2 N–H and O–H groups in total. The summed E-state index contributed by atoms with van der Waals surface area (Å²) in [5.41, 5.74) is 1.79. The van der Waals surface area contributed by atoms with Gasteiger partial charge in [0, 0.05) is 47.8 Å². The number of carbonyl (C=O) groups excluding carboxylic acids is 2. The standard InChI is InChI=1S/C40H58N2O4/c1-37(2)21-33(22-38(3,4)41-37)45-35(43)30-16-14-27-17-26(12-13-28(27)18-30)29-11-9-25-10-15-31(20-32(25)19-29)36(44)46-34-23-39(5,6)42-40(7,8)24-34/h9-11,15,19-20,26-28,30,33-34,41-42H,12-14,16-18,21-24H2,1-8H3. The first-order chi connectivity index (χ1) is 21.4. The summed E-state index contributed by atoms with van der Waals surface area (Å²) in [6.45, 7) is 17.5. The summed E-state index contributed by atoms with van der Waals surface area (Å²) < 4.78 is 12.3. The van der Waals surface area contributed by atoms with E-state index in [0.29, 0.717) is 23.3 Å². The number of hydrogen-bond acceptors (Lipinski definition) is 6. The van der Waals surface area contributed by atoms with Gasteiger partial charge in [0.15, 0.2) is 0 Å². The zero-order valence-electron chi connectivity index (χ0n) is 29.6. The van der Waals surface area contributed by atoms with Gasteiger partial charge >= 0.3 is 11.9 Å². The molecule has 4 unspecified atom stereocenters. The van der Waals surface area contributed by atoms with Gasteiger partial charge in [0.1, 0.15) is 12.2 Å². The molecule has 2 saturated heterocycles. The molecule has 0 bridgehead atoms. The second-order valence-electron chi connectivity index (χ2n) is 18.0. The van der Waals surface area contributed by atoms with E-state index in [2.05, 4.69) is 90.3 Å². The minimum absolute atomic E-state index is 0.00802. The van der Waals surface area contributed by atoms with Crippen LogP contribution in [0.3, 0.4) is 0 Å². The molecule has 252 valence electrons. The van der Waals surface area contributed by atoms with E-state index >= 15 is 0 Å². The van der Waals surface area contributed by atoms with Crippen LogP contribution in [0.5, 0.6) is 0 Å². The lowest BCUT2D eigenvalue weighted by Crippen LogP contribution is -2.59. The van der Waals surface area contributed by atoms with E-state index in [9.17, 15) is 9.59 Å². The molecule has 2 aliphatic carbocycles. The first-order valence-electron chi connectivity index (χ1n) is 18.0. The maximum absolute atomic E-state index is 13.3. The first-order valence-corrected chi connectivity index (χ1v) is 18.0. The van der Waals surface area contributed by atoms with Gasteiger partial charge < -0.3 is 20.1 Å². The molecular weight excluding hydrogens is 572 g/mol. The molecule has 2 heterocycles. The fourth-order valence-electron chi connectivity index (χ4n) is 10.2. The Labute approximate surface area is 277 Å². The van der Waals surface area contributed by atoms with Crippen molar-refractivity contribution >= 4 is 22.7 Å². The Hall–Kier alpha value is -2.44. The molecule has 0 aromatic heterocycles. The molecule has 2 saturated carbocycles. The average molecular weight is 631 g/mol. The Balaban J connectivity index is 1.06. The number of benzene rings is 2. The summed E-state index contributed by atoms with van der Waals surface area (Å²) in [5, 5.41) is 9.62. The topological polar surface area (TPSA) is 76.7 Å². The van der Waals surface area contributed by atoms with Crippen molar-refractivity contribution in [1.82, 2.24) is 10.6 Å². The lowest BCUT2D eigenvalue weighted by Gasteiger charge is -2.46. The summed E-state index contributed by atoms with van der Waals surface area (Å²) in [5.74, 6) is 1.64. The van der Waals surface area contributed by atoms with Gasteiger partial charge in [-0.05, 0) is 140 Å². The predicted molar refractivity (Wildman–Crippen MR) is 185 cm³/mol. The van der Waals surface area contributed by atoms with Gasteiger partial charge in [-0.25, -0.2) is 4.79 Å². The fourth-order valence-corrected chi connectivity index (χ4v) is 10.2. The Bertz CT molecular complexity index is 1430. The van der Waals surface area contributed by atoms with Crippen molar-refractivity contribution in [3.05, 3.63) is 47.5 Å². The number of ether oxygens (including phenoxy) is 2. The molecule has 0 amide bonds. The van der Waals surface area contributed by atoms with Crippen molar-refractivity contribution in [2.75, 3.05) is 0 Å².